The molecule has 0 aliphatic rings. The highest BCUT2D eigenvalue weighted by Crippen LogP contribution is 2.10. The number of benzene rings is 1. The van der Waals surface area contributed by atoms with E-state index in [1.807, 2.05) is 30.3 Å². The lowest BCUT2D eigenvalue weighted by molar-refractivity contribution is -0.146. The molecule has 0 aromatic heterocycles. The molecule has 0 heterocycles. The van der Waals surface area contributed by atoms with Gasteiger partial charge in [-0.1, -0.05) is 30.3 Å². The van der Waals surface area contributed by atoms with Crippen LogP contribution in [0.3, 0.4) is 0 Å². The molecule has 0 bridgehead atoms. The van der Waals surface area contributed by atoms with Crippen LogP contribution in [0.15, 0.2) is 30.3 Å². The maximum absolute atomic E-state index is 11.4. The zero-order chi connectivity index (χ0) is 11.8. The quantitative estimate of drug-likeness (QED) is 0.675. The van der Waals surface area contributed by atoms with Crippen LogP contribution in [-0.4, -0.2) is 26.2 Å². The van der Waals surface area contributed by atoms with Crippen LogP contribution in [0.1, 0.15) is 5.56 Å². The summed E-state index contributed by atoms with van der Waals surface area (Å²) in [7, 11) is 1.31. The Morgan fingerprint density at radius 3 is 2.62 bits per heavy atom. The first-order chi connectivity index (χ1) is 7.77. The summed E-state index contributed by atoms with van der Waals surface area (Å²) in [5.41, 5.74) is 0.993. The van der Waals surface area contributed by atoms with E-state index in [0.29, 0.717) is 6.42 Å². The first-order valence-electron chi connectivity index (χ1n) is 4.88. The summed E-state index contributed by atoms with van der Waals surface area (Å²) in [6, 6.07) is 9.47. The minimum absolute atomic E-state index is 0.00886. The largest absolute Gasteiger partial charge is 0.469 e. The minimum Gasteiger partial charge on any atom is -0.469 e. The molecule has 1 aromatic rings. The molecule has 1 rings (SSSR count). The van der Waals surface area contributed by atoms with Gasteiger partial charge in [-0.3, -0.25) is 4.79 Å². The van der Waals surface area contributed by atoms with Gasteiger partial charge in [0.1, 0.15) is 6.61 Å². The number of hydrogen-bond donors (Lipinski definition) is 0. The van der Waals surface area contributed by atoms with Crippen LogP contribution in [0.5, 0.6) is 0 Å². The van der Waals surface area contributed by atoms with Crippen molar-refractivity contribution in [2.75, 3.05) is 13.7 Å². The Morgan fingerprint density at radius 2 is 2.06 bits per heavy atom. The Hall–Kier alpha value is -1.84. The lowest BCUT2D eigenvalue weighted by atomic mass is 10.0. The molecule has 1 aromatic carbocycles. The van der Waals surface area contributed by atoms with Gasteiger partial charge in [0, 0.05) is 0 Å². The molecular formula is C12H13O4. The highest BCUT2D eigenvalue weighted by atomic mass is 16.5. The van der Waals surface area contributed by atoms with E-state index in [0.717, 1.165) is 5.56 Å². The molecule has 4 heteroatoms. The van der Waals surface area contributed by atoms with Crippen LogP contribution >= 0.6 is 0 Å². The number of carbonyl (C=O) groups excluding carboxylic acids is 2. The van der Waals surface area contributed by atoms with E-state index in [1.54, 1.807) is 0 Å². The predicted molar refractivity (Wildman–Crippen MR) is 57.3 cm³/mol. The zero-order valence-corrected chi connectivity index (χ0v) is 9.01. The summed E-state index contributed by atoms with van der Waals surface area (Å²) in [4.78, 5) is 21.4. The number of hydrogen-bond acceptors (Lipinski definition) is 4. The topological polar surface area (TPSA) is 52.6 Å². The summed E-state index contributed by atoms with van der Waals surface area (Å²) >= 11 is 0. The summed E-state index contributed by atoms with van der Waals surface area (Å²) in [5, 5.41) is 0. The monoisotopic (exact) mass is 221 g/mol. The molecule has 1 radical (unpaired) electrons. The average molecular weight is 221 g/mol. The van der Waals surface area contributed by atoms with Gasteiger partial charge >= 0.3 is 12.4 Å². The van der Waals surface area contributed by atoms with Crippen molar-refractivity contribution in [3.05, 3.63) is 35.9 Å². The molecule has 0 spiro atoms. The molecule has 0 saturated carbocycles. The minimum atomic E-state index is -0.478. The van der Waals surface area contributed by atoms with Crippen molar-refractivity contribution in [2.24, 2.45) is 5.92 Å². The van der Waals surface area contributed by atoms with Gasteiger partial charge in [-0.25, -0.2) is 4.79 Å². The van der Waals surface area contributed by atoms with Crippen molar-refractivity contribution in [2.45, 2.75) is 6.42 Å². The van der Waals surface area contributed by atoms with Gasteiger partial charge < -0.3 is 9.47 Å². The van der Waals surface area contributed by atoms with Crippen molar-refractivity contribution < 1.29 is 19.1 Å². The SMILES string of the molecule is COC(=O)C(CO[C]=O)Cc1ccccc1. The van der Waals surface area contributed by atoms with Crippen LogP contribution in [0.25, 0.3) is 0 Å². The van der Waals surface area contributed by atoms with E-state index in [-0.39, 0.29) is 12.6 Å². The van der Waals surface area contributed by atoms with Crippen LogP contribution in [0.4, 0.5) is 0 Å². The lowest BCUT2D eigenvalue weighted by Gasteiger charge is -2.12. The second-order valence-corrected chi connectivity index (χ2v) is 3.30. The van der Waals surface area contributed by atoms with Crippen molar-refractivity contribution in [1.82, 2.24) is 0 Å². The van der Waals surface area contributed by atoms with Gasteiger partial charge in [-0.2, -0.15) is 0 Å². The molecule has 0 aliphatic heterocycles. The molecule has 16 heavy (non-hydrogen) atoms. The Morgan fingerprint density at radius 1 is 1.38 bits per heavy atom. The fourth-order valence-electron chi connectivity index (χ4n) is 1.41. The molecule has 0 saturated heterocycles. The molecule has 0 fully saturated rings. The standard InChI is InChI=1S/C12H13O4/c1-15-12(14)11(8-16-9-13)7-10-5-3-2-4-6-10/h2-6,11H,7-8H2,1H3. The van der Waals surface area contributed by atoms with Gasteiger partial charge in [0.15, 0.2) is 0 Å². The van der Waals surface area contributed by atoms with Crippen LogP contribution in [0, 0.1) is 5.92 Å². The third-order valence-corrected chi connectivity index (χ3v) is 2.20. The number of esters is 1. The van der Waals surface area contributed by atoms with Gasteiger partial charge in [0.25, 0.3) is 0 Å². The Bertz CT molecular complexity index is 334. The maximum Gasteiger partial charge on any atom is 0.417 e. The number of rotatable bonds is 6. The lowest BCUT2D eigenvalue weighted by Crippen LogP contribution is -2.23. The number of carbonyl (C=O) groups is 1. The van der Waals surface area contributed by atoms with Gasteiger partial charge in [0.05, 0.1) is 13.0 Å². The summed E-state index contributed by atoms with van der Waals surface area (Å²) in [6.45, 7) is 1.30. The Balaban J connectivity index is 2.63. The molecule has 4 nitrogen and oxygen atoms in total. The van der Waals surface area contributed by atoms with Gasteiger partial charge in [0.2, 0.25) is 0 Å². The van der Waals surface area contributed by atoms with Crippen LogP contribution < -0.4 is 0 Å². The van der Waals surface area contributed by atoms with E-state index in [2.05, 4.69) is 9.47 Å². The van der Waals surface area contributed by atoms with Crippen LogP contribution in [0.2, 0.25) is 0 Å². The highest BCUT2D eigenvalue weighted by molar-refractivity contribution is 5.73. The second-order valence-electron chi connectivity index (χ2n) is 3.30. The van der Waals surface area contributed by atoms with E-state index in [4.69, 9.17) is 0 Å². The summed E-state index contributed by atoms with van der Waals surface area (Å²) in [6.07, 6.45) is 0.481. The van der Waals surface area contributed by atoms with Crippen LogP contribution in [-0.2, 0) is 25.5 Å². The van der Waals surface area contributed by atoms with Crippen molar-refractivity contribution in [1.29, 1.82) is 0 Å². The molecule has 1 unspecified atom stereocenters. The van der Waals surface area contributed by atoms with Crippen molar-refractivity contribution in [3.63, 3.8) is 0 Å². The first kappa shape index (κ1) is 12.2. The van der Waals surface area contributed by atoms with E-state index in [9.17, 15) is 9.59 Å². The molecule has 1 atom stereocenters. The van der Waals surface area contributed by atoms with E-state index < -0.39 is 5.92 Å². The average Bonchev–Trinajstić information content (AvgIpc) is 2.34. The Kier molecular flexibility index (Phi) is 5.05. The summed E-state index contributed by atoms with van der Waals surface area (Å²) < 4.78 is 9.12. The highest BCUT2D eigenvalue weighted by Gasteiger charge is 2.20. The maximum atomic E-state index is 11.4. The fraction of sp³-hybridized carbons (Fsp3) is 0.333. The fourth-order valence-corrected chi connectivity index (χ4v) is 1.41. The van der Waals surface area contributed by atoms with E-state index in [1.165, 1.54) is 13.6 Å². The number of methoxy groups -OCH3 is 1. The van der Waals surface area contributed by atoms with Gasteiger partial charge in [-0.15, -0.1) is 0 Å². The normalized spacial score (nSPS) is 11.6. The zero-order valence-electron chi connectivity index (χ0n) is 9.01. The van der Waals surface area contributed by atoms with Crippen molar-refractivity contribution >= 4 is 12.4 Å². The third kappa shape index (κ3) is 3.73. The molecule has 0 aliphatic carbocycles. The van der Waals surface area contributed by atoms with Crippen molar-refractivity contribution in [3.8, 4) is 0 Å². The molecular weight excluding hydrogens is 208 g/mol. The Labute approximate surface area is 94.2 Å². The predicted octanol–water partition coefficient (Wildman–Crippen LogP) is 1.10. The van der Waals surface area contributed by atoms with E-state index >= 15 is 0 Å². The first-order valence-corrected chi connectivity index (χ1v) is 4.88. The summed E-state index contributed by atoms with van der Waals surface area (Å²) in [5.74, 6) is -0.868. The third-order valence-electron chi connectivity index (χ3n) is 2.20. The second kappa shape index (κ2) is 6.61. The molecule has 0 amide bonds. The van der Waals surface area contributed by atoms with Gasteiger partial charge in [-0.05, 0) is 12.0 Å². The molecule has 0 N–H and O–H groups in total. The molecule has 85 valence electrons. The smallest absolute Gasteiger partial charge is 0.417 e. The number of ether oxygens (including phenoxy) is 2.